The first-order chi connectivity index (χ1) is 14.5. The van der Waals surface area contributed by atoms with Crippen LogP contribution in [-0.4, -0.2) is 100 Å². The predicted molar refractivity (Wildman–Crippen MR) is 121 cm³/mol. The lowest BCUT2D eigenvalue weighted by Crippen LogP contribution is -2.49. The van der Waals surface area contributed by atoms with E-state index in [0.29, 0.717) is 18.1 Å². The van der Waals surface area contributed by atoms with Crippen LogP contribution in [-0.2, 0) is 14.3 Å². The number of amides is 1. The number of hydrogen-bond acceptors (Lipinski definition) is 5. The Morgan fingerprint density at radius 2 is 1.93 bits per heavy atom. The van der Waals surface area contributed by atoms with Crippen molar-refractivity contribution in [2.24, 2.45) is 10.9 Å². The van der Waals surface area contributed by atoms with Gasteiger partial charge in [0, 0.05) is 46.4 Å². The Kier molecular flexibility index (Phi) is 11.5. The molecule has 0 bridgehead atoms. The lowest BCUT2D eigenvalue weighted by molar-refractivity contribution is -0.127. The first kappa shape index (κ1) is 24.9. The molecule has 174 valence electrons. The summed E-state index contributed by atoms with van der Waals surface area (Å²) in [5.41, 5.74) is 0. The minimum Gasteiger partial charge on any atom is -0.379 e. The number of ether oxygens (including phenoxy) is 2. The fourth-order valence-electron chi connectivity index (χ4n) is 4.07. The second kappa shape index (κ2) is 13.8. The number of guanidine groups is 1. The van der Waals surface area contributed by atoms with E-state index in [1.54, 1.807) is 19.0 Å². The molecule has 0 spiro atoms. The molecule has 2 N–H and O–H groups in total. The third-order valence-electron chi connectivity index (χ3n) is 6.15. The van der Waals surface area contributed by atoms with Crippen molar-refractivity contribution in [2.45, 2.75) is 58.1 Å². The fraction of sp³-hybridized carbons (Fsp3) is 0.909. The summed E-state index contributed by atoms with van der Waals surface area (Å²) in [6.07, 6.45) is 5.58. The molecule has 1 amide bonds. The van der Waals surface area contributed by atoms with Crippen molar-refractivity contribution in [1.82, 2.24) is 20.4 Å². The van der Waals surface area contributed by atoms with E-state index in [0.717, 1.165) is 84.1 Å². The highest BCUT2D eigenvalue weighted by atomic mass is 16.5. The van der Waals surface area contributed by atoms with E-state index in [1.165, 1.54) is 0 Å². The minimum atomic E-state index is 0.00583. The quantitative estimate of drug-likeness (QED) is 0.312. The van der Waals surface area contributed by atoms with Crippen LogP contribution in [0.5, 0.6) is 0 Å². The average Bonchev–Trinajstić information content (AvgIpc) is 2.76. The molecule has 8 nitrogen and oxygen atoms in total. The van der Waals surface area contributed by atoms with Gasteiger partial charge in [-0.05, 0) is 31.7 Å². The van der Waals surface area contributed by atoms with Gasteiger partial charge in [-0.25, -0.2) is 4.99 Å². The maximum absolute atomic E-state index is 12.0. The van der Waals surface area contributed by atoms with Gasteiger partial charge < -0.3 is 25.0 Å². The lowest BCUT2D eigenvalue weighted by Gasteiger charge is -2.35. The zero-order valence-corrected chi connectivity index (χ0v) is 19.5. The van der Waals surface area contributed by atoms with Gasteiger partial charge in [-0.1, -0.05) is 26.7 Å². The minimum absolute atomic E-state index is 0.00583. The van der Waals surface area contributed by atoms with Gasteiger partial charge in [0.05, 0.1) is 19.3 Å². The molecule has 0 radical (unpaired) electrons. The van der Waals surface area contributed by atoms with Crippen LogP contribution in [0.1, 0.15) is 46.0 Å². The van der Waals surface area contributed by atoms with E-state index >= 15 is 0 Å². The fourth-order valence-corrected chi connectivity index (χ4v) is 4.07. The summed E-state index contributed by atoms with van der Waals surface area (Å²) in [6, 6.07) is 0.323. The van der Waals surface area contributed by atoms with Gasteiger partial charge in [0.15, 0.2) is 5.96 Å². The monoisotopic (exact) mass is 425 g/mol. The Morgan fingerprint density at radius 3 is 2.60 bits per heavy atom. The van der Waals surface area contributed by atoms with E-state index in [1.807, 2.05) is 0 Å². The molecule has 0 aromatic rings. The van der Waals surface area contributed by atoms with Gasteiger partial charge in [0.25, 0.3) is 0 Å². The van der Waals surface area contributed by atoms with Crippen molar-refractivity contribution in [1.29, 1.82) is 0 Å². The summed E-state index contributed by atoms with van der Waals surface area (Å²) >= 11 is 0. The van der Waals surface area contributed by atoms with Crippen LogP contribution >= 0.6 is 0 Å². The van der Waals surface area contributed by atoms with Crippen LogP contribution in [0.4, 0.5) is 0 Å². The molecule has 0 aromatic heterocycles. The molecular weight excluding hydrogens is 382 g/mol. The molecular formula is C22H43N5O3. The summed E-state index contributed by atoms with van der Waals surface area (Å²) in [7, 11) is 3.53. The standard InChI is InChI=1S/C22H43N5O3/c1-5-18(6-2)20-16-19(8-13-30-20)25-22(24-17-21(28)26(3)4)23-9-7-10-27-11-14-29-15-12-27/h18-20H,5-17H2,1-4H3,(H2,23,24,25). The molecule has 2 heterocycles. The molecule has 2 aliphatic heterocycles. The predicted octanol–water partition coefficient (Wildman–Crippen LogP) is 1.32. The molecule has 8 heteroatoms. The Morgan fingerprint density at radius 1 is 1.20 bits per heavy atom. The Labute approximate surface area is 182 Å². The number of nitrogens with zero attached hydrogens (tertiary/aromatic N) is 3. The molecule has 2 aliphatic rings. The third kappa shape index (κ3) is 8.78. The number of carbonyl (C=O) groups excluding carboxylic acids is 1. The van der Waals surface area contributed by atoms with Gasteiger partial charge >= 0.3 is 0 Å². The van der Waals surface area contributed by atoms with Crippen molar-refractivity contribution in [3.05, 3.63) is 0 Å². The SMILES string of the molecule is CCC(CC)C1CC(NC(=NCC(=O)N(C)C)NCCCN2CCOCC2)CCO1. The van der Waals surface area contributed by atoms with Gasteiger partial charge in [-0.3, -0.25) is 9.69 Å². The second-order valence-electron chi connectivity index (χ2n) is 8.54. The van der Waals surface area contributed by atoms with Crippen molar-refractivity contribution in [2.75, 3.05) is 66.6 Å². The number of morpholine rings is 1. The third-order valence-corrected chi connectivity index (χ3v) is 6.15. The van der Waals surface area contributed by atoms with Crippen LogP contribution in [0.2, 0.25) is 0 Å². The van der Waals surface area contributed by atoms with Gasteiger partial charge in [-0.15, -0.1) is 0 Å². The Bertz CT molecular complexity index is 519. The molecule has 0 aliphatic carbocycles. The number of hydrogen-bond donors (Lipinski definition) is 2. The molecule has 30 heavy (non-hydrogen) atoms. The van der Waals surface area contributed by atoms with Crippen molar-refractivity contribution in [3.63, 3.8) is 0 Å². The molecule has 0 aromatic carbocycles. The van der Waals surface area contributed by atoms with Crippen LogP contribution < -0.4 is 10.6 Å². The molecule has 2 atom stereocenters. The van der Waals surface area contributed by atoms with Crippen LogP contribution in [0.25, 0.3) is 0 Å². The van der Waals surface area contributed by atoms with Crippen molar-refractivity contribution < 1.29 is 14.3 Å². The zero-order valence-electron chi connectivity index (χ0n) is 19.5. The maximum atomic E-state index is 12.0. The van der Waals surface area contributed by atoms with E-state index in [4.69, 9.17) is 9.47 Å². The van der Waals surface area contributed by atoms with Crippen LogP contribution in [0.15, 0.2) is 4.99 Å². The topological polar surface area (TPSA) is 78.4 Å². The summed E-state index contributed by atoms with van der Waals surface area (Å²) < 4.78 is 11.5. The largest absolute Gasteiger partial charge is 0.379 e. The molecule has 2 unspecified atom stereocenters. The highest BCUT2D eigenvalue weighted by Crippen LogP contribution is 2.25. The number of carbonyl (C=O) groups is 1. The first-order valence-electron chi connectivity index (χ1n) is 11.7. The summed E-state index contributed by atoms with van der Waals surface area (Å²) in [4.78, 5) is 20.6. The molecule has 2 rings (SSSR count). The first-order valence-corrected chi connectivity index (χ1v) is 11.7. The zero-order chi connectivity index (χ0) is 21.8. The average molecular weight is 426 g/mol. The van der Waals surface area contributed by atoms with Crippen molar-refractivity contribution >= 4 is 11.9 Å². The van der Waals surface area contributed by atoms with Gasteiger partial charge in [0.1, 0.15) is 6.54 Å². The van der Waals surface area contributed by atoms with E-state index < -0.39 is 0 Å². The van der Waals surface area contributed by atoms with E-state index in [9.17, 15) is 4.79 Å². The normalized spacial score (nSPS) is 23.4. The van der Waals surface area contributed by atoms with E-state index in [-0.39, 0.29) is 12.5 Å². The summed E-state index contributed by atoms with van der Waals surface area (Å²) in [6.45, 7) is 11.0. The van der Waals surface area contributed by atoms with Crippen LogP contribution in [0, 0.1) is 5.92 Å². The highest BCUT2D eigenvalue weighted by molar-refractivity contribution is 5.84. The van der Waals surface area contributed by atoms with E-state index in [2.05, 4.69) is 34.4 Å². The Balaban J connectivity index is 1.86. The number of likely N-dealkylation sites (N-methyl/N-ethyl adjacent to an activating group) is 1. The summed E-state index contributed by atoms with van der Waals surface area (Å²) in [5, 5.41) is 7.02. The number of rotatable bonds is 10. The number of nitrogens with one attached hydrogen (secondary N) is 2. The Hall–Kier alpha value is -1.38. The van der Waals surface area contributed by atoms with Gasteiger partial charge in [0.2, 0.25) is 5.91 Å². The van der Waals surface area contributed by atoms with Gasteiger partial charge in [-0.2, -0.15) is 0 Å². The molecule has 0 saturated carbocycles. The molecule has 2 fully saturated rings. The molecule has 2 saturated heterocycles. The number of aliphatic imine (C=N–C) groups is 1. The maximum Gasteiger partial charge on any atom is 0.243 e. The summed E-state index contributed by atoms with van der Waals surface area (Å²) in [5.74, 6) is 1.35. The van der Waals surface area contributed by atoms with Crippen molar-refractivity contribution in [3.8, 4) is 0 Å². The smallest absolute Gasteiger partial charge is 0.243 e. The second-order valence-corrected chi connectivity index (χ2v) is 8.54. The highest BCUT2D eigenvalue weighted by Gasteiger charge is 2.28. The lowest BCUT2D eigenvalue weighted by atomic mass is 9.89. The van der Waals surface area contributed by atoms with Crippen LogP contribution in [0.3, 0.4) is 0 Å².